The Morgan fingerprint density at radius 2 is 1.83 bits per heavy atom. The second-order valence-electron chi connectivity index (χ2n) is 6.87. The number of sulfonamides is 1. The highest BCUT2D eigenvalue weighted by Gasteiger charge is 2.30. The van der Waals surface area contributed by atoms with E-state index in [0.29, 0.717) is 24.2 Å². The van der Waals surface area contributed by atoms with Crippen LogP contribution >= 0.6 is 0 Å². The van der Waals surface area contributed by atoms with Gasteiger partial charge in [-0.05, 0) is 48.6 Å². The number of carboxylic acid groups (broad SMARTS) is 1. The first kappa shape index (κ1) is 21.6. The van der Waals surface area contributed by atoms with Crippen LogP contribution in [0.4, 0.5) is 0 Å². The quantitative estimate of drug-likeness (QED) is 0.596. The minimum atomic E-state index is -3.90. The molecular formula is C20H22N2O7S. The fourth-order valence-corrected chi connectivity index (χ4v) is 4.95. The van der Waals surface area contributed by atoms with Gasteiger partial charge in [0.25, 0.3) is 0 Å². The third kappa shape index (κ3) is 4.10. The minimum absolute atomic E-state index is 0.000332. The number of ether oxygens (including phenoxy) is 2. The number of hydrogen-bond donors (Lipinski definition) is 3. The number of aromatic carboxylic acids is 1. The number of carbonyl (C=O) groups excluding carboxylic acids is 1. The highest BCUT2D eigenvalue weighted by molar-refractivity contribution is 7.89. The molecule has 0 fully saturated rings. The van der Waals surface area contributed by atoms with E-state index in [1.807, 2.05) is 0 Å². The molecule has 0 saturated carbocycles. The Morgan fingerprint density at radius 1 is 1.13 bits per heavy atom. The number of benzene rings is 2. The summed E-state index contributed by atoms with van der Waals surface area (Å²) in [5, 5.41) is 9.37. The van der Waals surface area contributed by atoms with Gasteiger partial charge in [0.15, 0.2) is 11.5 Å². The summed E-state index contributed by atoms with van der Waals surface area (Å²) in [5.41, 5.74) is 6.42. The topological polar surface area (TPSA) is 145 Å². The van der Waals surface area contributed by atoms with Gasteiger partial charge in [-0.25, -0.2) is 17.9 Å². The number of fused-ring (bicyclic) bond motifs is 1. The average Bonchev–Trinajstić information content (AvgIpc) is 2.71. The number of rotatable bonds is 7. The Hall–Kier alpha value is -3.11. The molecule has 2 aromatic rings. The smallest absolute Gasteiger partial charge is 0.336 e. The van der Waals surface area contributed by atoms with Crippen molar-refractivity contribution in [2.45, 2.75) is 30.2 Å². The number of carboxylic acids is 1. The molecule has 0 aromatic heterocycles. The number of aryl methyl sites for hydroxylation is 1. The Morgan fingerprint density at radius 3 is 2.43 bits per heavy atom. The van der Waals surface area contributed by atoms with Gasteiger partial charge >= 0.3 is 5.97 Å². The lowest BCUT2D eigenvalue weighted by Crippen LogP contribution is -2.39. The van der Waals surface area contributed by atoms with Crippen LogP contribution in [0.1, 0.15) is 38.3 Å². The van der Waals surface area contributed by atoms with E-state index in [-0.39, 0.29) is 28.2 Å². The zero-order valence-corrected chi connectivity index (χ0v) is 17.3. The van der Waals surface area contributed by atoms with Crippen LogP contribution in [-0.4, -0.2) is 45.7 Å². The molecule has 1 atom stereocenters. The summed E-state index contributed by atoms with van der Waals surface area (Å²) in [4.78, 5) is 23.4. The fraction of sp³-hybridized carbons (Fsp3) is 0.300. The van der Waals surface area contributed by atoms with Crippen molar-refractivity contribution in [1.29, 1.82) is 0 Å². The van der Waals surface area contributed by atoms with E-state index >= 15 is 0 Å². The van der Waals surface area contributed by atoms with Crippen LogP contribution < -0.4 is 19.9 Å². The van der Waals surface area contributed by atoms with Gasteiger partial charge in [0.2, 0.25) is 15.9 Å². The monoisotopic (exact) mass is 434 g/mol. The van der Waals surface area contributed by atoms with E-state index in [1.54, 1.807) is 6.07 Å². The molecule has 10 heteroatoms. The standard InChI is InChI=1S/C20H22N2O7S/c1-28-16-8-6-13(10-17(16)29-2)30(26,27)22-12-5-3-11-4-7-14(20(24)25)18(19(21)23)15(11)9-12/h4,6-8,10,12,22H,3,5,9H2,1-2H3,(H2,21,23)(H,24,25). The molecule has 1 aliphatic rings. The highest BCUT2D eigenvalue weighted by Crippen LogP contribution is 2.31. The number of nitrogens with one attached hydrogen (secondary N) is 1. The first-order chi connectivity index (χ1) is 14.2. The van der Waals surface area contributed by atoms with Crippen LogP contribution in [0, 0.1) is 0 Å². The van der Waals surface area contributed by atoms with E-state index in [9.17, 15) is 23.1 Å². The summed E-state index contributed by atoms with van der Waals surface area (Å²) in [7, 11) is -1.04. The van der Waals surface area contributed by atoms with Gasteiger partial charge in [-0.1, -0.05) is 6.07 Å². The van der Waals surface area contributed by atoms with Crippen LogP contribution in [0.5, 0.6) is 11.5 Å². The number of nitrogens with two attached hydrogens (primary N) is 1. The molecule has 1 aliphatic carbocycles. The van der Waals surface area contributed by atoms with Gasteiger partial charge in [0.1, 0.15) is 0 Å². The largest absolute Gasteiger partial charge is 0.493 e. The molecule has 0 spiro atoms. The van der Waals surface area contributed by atoms with E-state index in [1.165, 1.54) is 38.5 Å². The van der Waals surface area contributed by atoms with Gasteiger partial charge in [0.05, 0.1) is 30.2 Å². The molecule has 1 unspecified atom stereocenters. The van der Waals surface area contributed by atoms with Crippen molar-refractivity contribution < 1.29 is 32.6 Å². The molecule has 0 heterocycles. The maximum Gasteiger partial charge on any atom is 0.336 e. The SMILES string of the molecule is COc1ccc(S(=O)(=O)NC2CCc3ccc(C(=O)O)c(C(N)=O)c3C2)cc1OC. The van der Waals surface area contributed by atoms with Gasteiger partial charge in [-0.15, -0.1) is 0 Å². The summed E-state index contributed by atoms with van der Waals surface area (Å²) >= 11 is 0. The van der Waals surface area contributed by atoms with Crippen molar-refractivity contribution in [2.75, 3.05) is 14.2 Å². The molecule has 0 bridgehead atoms. The van der Waals surface area contributed by atoms with E-state index in [2.05, 4.69) is 4.72 Å². The normalized spacial score (nSPS) is 15.9. The summed E-state index contributed by atoms with van der Waals surface area (Å²) in [6.45, 7) is 0. The maximum absolute atomic E-state index is 12.9. The number of hydrogen-bond acceptors (Lipinski definition) is 6. The molecule has 0 aliphatic heterocycles. The Kier molecular flexibility index (Phi) is 5.99. The molecule has 9 nitrogen and oxygen atoms in total. The zero-order valence-electron chi connectivity index (χ0n) is 16.5. The molecule has 4 N–H and O–H groups in total. The number of amides is 1. The van der Waals surface area contributed by atoms with Crippen molar-refractivity contribution in [1.82, 2.24) is 4.72 Å². The van der Waals surface area contributed by atoms with Crippen LogP contribution in [-0.2, 0) is 22.9 Å². The van der Waals surface area contributed by atoms with Crippen molar-refractivity contribution in [3.8, 4) is 11.5 Å². The van der Waals surface area contributed by atoms with Gasteiger partial charge in [-0.2, -0.15) is 0 Å². The van der Waals surface area contributed by atoms with Crippen LogP contribution in [0.3, 0.4) is 0 Å². The van der Waals surface area contributed by atoms with Gasteiger partial charge in [-0.3, -0.25) is 4.79 Å². The molecule has 0 saturated heterocycles. The van der Waals surface area contributed by atoms with E-state index in [0.717, 1.165) is 5.56 Å². The lowest BCUT2D eigenvalue weighted by atomic mass is 9.83. The molecule has 160 valence electrons. The Bertz CT molecular complexity index is 1110. The average molecular weight is 434 g/mol. The third-order valence-electron chi connectivity index (χ3n) is 5.09. The molecule has 30 heavy (non-hydrogen) atoms. The zero-order chi connectivity index (χ0) is 22.1. The Labute approximate surface area is 173 Å². The van der Waals surface area contributed by atoms with Crippen molar-refractivity contribution >= 4 is 21.9 Å². The lowest BCUT2D eigenvalue weighted by Gasteiger charge is -2.27. The first-order valence-electron chi connectivity index (χ1n) is 9.10. The van der Waals surface area contributed by atoms with Crippen LogP contribution in [0.2, 0.25) is 0 Å². The second kappa shape index (κ2) is 8.33. The summed E-state index contributed by atoms with van der Waals surface area (Å²) in [6.07, 6.45) is 1.13. The number of methoxy groups -OCH3 is 2. The van der Waals surface area contributed by atoms with E-state index < -0.39 is 27.9 Å². The predicted molar refractivity (Wildman–Crippen MR) is 108 cm³/mol. The van der Waals surface area contributed by atoms with Crippen molar-refractivity contribution in [3.63, 3.8) is 0 Å². The van der Waals surface area contributed by atoms with Crippen molar-refractivity contribution in [2.24, 2.45) is 5.73 Å². The second-order valence-corrected chi connectivity index (χ2v) is 8.59. The molecule has 2 aromatic carbocycles. The van der Waals surface area contributed by atoms with Gasteiger partial charge < -0.3 is 20.3 Å². The fourth-order valence-electron chi connectivity index (χ4n) is 3.67. The molecular weight excluding hydrogens is 412 g/mol. The van der Waals surface area contributed by atoms with Crippen LogP contribution in [0.25, 0.3) is 0 Å². The molecule has 0 radical (unpaired) electrons. The Balaban J connectivity index is 1.91. The summed E-state index contributed by atoms with van der Waals surface area (Å²) in [5.74, 6) is -1.45. The number of primary amides is 1. The summed E-state index contributed by atoms with van der Waals surface area (Å²) < 4.78 is 38.7. The first-order valence-corrected chi connectivity index (χ1v) is 10.6. The van der Waals surface area contributed by atoms with Gasteiger partial charge in [0, 0.05) is 12.1 Å². The maximum atomic E-state index is 12.9. The minimum Gasteiger partial charge on any atom is -0.493 e. The van der Waals surface area contributed by atoms with Crippen molar-refractivity contribution in [3.05, 3.63) is 52.6 Å². The number of carbonyl (C=O) groups is 2. The third-order valence-corrected chi connectivity index (χ3v) is 6.60. The highest BCUT2D eigenvalue weighted by atomic mass is 32.2. The molecule has 3 rings (SSSR count). The summed E-state index contributed by atoms with van der Waals surface area (Å²) in [6, 6.07) is 6.72. The molecule has 1 amide bonds. The van der Waals surface area contributed by atoms with Crippen LogP contribution in [0.15, 0.2) is 35.2 Å². The predicted octanol–water partition coefficient (Wildman–Crippen LogP) is 1.34. The van der Waals surface area contributed by atoms with E-state index in [4.69, 9.17) is 15.2 Å². The lowest BCUT2D eigenvalue weighted by molar-refractivity contribution is 0.0691.